The summed E-state index contributed by atoms with van der Waals surface area (Å²) in [5.74, 6) is 0.537. The van der Waals surface area contributed by atoms with Crippen molar-refractivity contribution < 1.29 is 4.79 Å². The molecule has 1 aromatic heterocycles. The second-order valence-corrected chi connectivity index (χ2v) is 4.85. The van der Waals surface area contributed by atoms with Crippen LogP contribution in [0.1, 0.15) is 19.8 Å². The van der Waals surface area contributed by atoms with Crippen LogP contribution in [0.25, 0.3) is 0 Å². The SMILES string of the molecule is CC(N)C1CCN(C(=O)Nc2ccncc2)CC1.Cl.Cl. The van der Waals surface area contributed by atoms with Gasteiger partial charge in [0, 0.05) is 37.2 Å². The van der Waals surface area contributed by atoms with Gasteiger partial charge in [0.2, 0.25) is 0 Å². The van der Waals surface area contributed by atoms with Crippen molar-refractivity contribution in [3.05, 3.63) is 24.5 Å². The zero-order valence-electron chi connectivity index (χ0n) is 11.5. The van der Waals surface area contributed by atoms with Crippen molar-refractivity contribution in [3.63, 3.8) is 0 Å². The Balaban J connectivity index is 0.00000180. The Kier molecular flexibility index (Phi) is 8.53. The lowest BCUT2D eigenvalue weighted by Gasteiger charge is -2.33. The molecule has 1 unspecified atom stereocenters. The summed E-state index contributed by atoms with van der Waals surface area (Å²) in [6.45, 7) is 3.60. The lowest BCUT2D eigenvalue weighted by molar-refractivity contribution is 0.176. The molecule has 7 heteroatoms. The van der Waals surface area contributed by atoms with Gasteiger partial charge in [-0.25, -0.2) is 4.79 Å². The van der Waals surface area contributed by atoms with E-state index in [-0.39, 0.29) is 36.9 Å². The van der Waals surface area contributed by atoms with Crippen molar-refractivity contribution in [2.45, 2.75) is 25.8 Å². The molecule has 1 aromatic rings. The molecule has 1 saturated heterocycles. The minimum atomic E-state index is -0.0377. The highest BCUT2D eigenvalue weighted by molar-refractivity contribution is 5.89. The summed E-state index contributed by atoms with van der Waals surface area (Å²) >= 11 is 0. The van der Waals surface area contributed by atoms with Gasteiger partial charge in [0.05, 0.1) is 0 Å². The zero-order chi connectivity index (χ0) is 13.0. The van der Waals surface area contributed by atoms with Gasteiger partial charge in [-0.3, -0.25) is 4.98 Å². The average molecular weight is 321 g/mol. The number of urea groups is 1. The van der Waals surface area contributed by atoms with Gasteiger partial charge in [-0.05, 0) is 37.8 Å². The van der Waals surface area contributed by atoms with Gasteiger partial charge in [0.1, 0.15) is 0 Å². The standard InChI is InChI=1S/C13H20N4O.2ClH/c1-10(14)11-4-8-17(9-5-11)13(18)16-12-2-6-15-7-3-12;;/h2-3,6-7,10-11H,4-5,8-9,14H2,1H3,(H,15,16,18);2*1H. The van der Waals surface area contributed by atoms with Crippen LogP contribution in [-0.4, -0.2) is 35.0 Å². The van der Waals surface area contributed by atoms with Crippen LogP contribution < -0.4 is 11.1 Å². The average Bonchev–Trinajstić information content (AvgIpc) is 2.40. The van der Waals surface area contributed by atoms with Crippen LogP contribution in [0.3, 0.4) is 0 Å². The molecule has 0 radical (unpaired) electrons. The summed E-state index contributed by atoms with van der Waals surface area (Å²) in [6.07, 6.45) is 5.30. The summed E-state index contributed by atoms with van der Waals surface area (Å²) in [5.41, 5.74) is 6.67. The molecule has 0 spiro atoms. The number of nitrogens with two attached hydrogens (primary N) is 1. The van der Waals surface area contributed by atoms with Gasteiger partial charge in [-0.15, -0.1) is 24.8 Å². The topological polar surface area (TPSA) is 71.2 Å². The van der Waals surface area contributed by atoms with Crippen molar-refractivity contribution >= 4 is 36.5 Å². The monoisotopic (exact) mass is 320 g/mol. The molecule has 0 bridgehead atoms. The molecule has 1 aliphatic rings. The van der Waals surface area contributed by atoms with Crippen LogP contribution >= 0.6 is 24.8 Å². The number of hydrogen-bond donors (Lipinski definition) is 2. The molecule has 20 heavy (non-hydrogen) atoms. The Morgan fingerprint density at radius 1 is 1.35 bits per heavy atom. The molecule has 2 heterocycles. The first-order valence-electron chi connectivity index (χ1n) is 6.38. The Morgan fingerprint density at radius 2 is 1.90 bits per heavy atom. The molecule has 1 aliphatic heterocycles. The van der Waals surface area contributed by atoms with Gasteiger partial charge < -0.3 is 16.0 Å². The number of halogens is 2. The Morgan fingerprint density at radius 3 is 2.40 bits per heavy atom. The predicted octanol–water partition coefficient (Wildman–Crippen LogP) is 2.52. The molecule has 0 aliphatic carbocycles. The van der Waals surface area contributed by atoms with E-state index in [1.54, 1.807) is 24.5 Å². The van der Waals surface area contributed by atoms with Crippen LogP contribution in [-0.2, 0) is 0 Å². The summed E-state index contributed by atoms with van der Waals surface area (Å²) in [6, 6.07) is 3.75. The molecule has 2 amide bonds. The second kappa shape index (κ2) is 9.00. The van der Waals surface area contributed by atoms with E-state index >= 15 is 0 Å². The molecule has 114 valence electrons. The summed E-state index contributed by atoms with van der Waals surface area (Å²) in [4.78, 5) is 17.8. The minimum absolute atomic E-state index is 0. The minimum Gasteiger partial charge on any atom is -0.328 e. The Hall–Kier alpha value is -1.04. The highest BCUT2D eigenvalue weighted by atomic mass is 35.5. The van der Waals surface area contributed by atoms with Crippen molar-refractivity contribution in [2.24, 2.45) is 11.7 Å². The van der Waals surface area contributed by atoms with E-state index in [0.717, 1.165) is 31.6 Å². The molecular formula is C13H22Cl2N4O. The lowest BCUT2D eigenvalue weighted by atomic mass is 9.91. The normalized spacial score (nSPS) is 16.6. The molecular weight excluding hydrogens is 299 g/mol. The highest BCUT2D eigenvalue weighted by Crippen LogP contribution is 2.20. The van der Waals surface area contributed by atoms with Crippen molar-refractivity contribution in [2.75, 3.05) is 18.4 Å². The number of likely N-dealkylation sites (tertiary alicyclic amines) is 1. The first-order chi connectivity index (χ1) is 8.66. The van der Waals surface area contributed by atoms with Crippen molar-refractivity contribution in [3.8, 4) is 0 Å². The largest absolute Gasteiger partial charge is 0.328 e. The fourth-order valence-corrected chi connectivity index (χ4v) is 2.27. The molecule has 1 atom stereocenters. The van der Waals surface area contributed by atoms with E-state index in [0.29, 0.717) is 5.92 Å². The van der Waals surface area contributed by atoms with Crippen LogP contribution in [0.4, 0.5) is 10.5 Å². The number of hydrogen-bond acceptors (Lipinski definition) is 3. The maximum atomic E-state index is 12.0. The maximum Gasteiger partial charge on any atom is 0.321 e. The molecule has 0 saturated carbocycles. The molecule has 3 N–H and O–H groups in total. The fourth-order valence-electron chi connectivity index (χ4n) is 2.27. The smallest absolute Gasteiger partial charge is 0.321 e. The second-order valence-electron chi connectivity index (χ2n) is 4.85. The summed E-state index contributed by atoms with van der Waals surface area (Å²) in [5, 5.41) is 2.87. The fraction of sp³-hybridized carbons (Fsp3) is 0.538. The number of pyridine rings is 1. The third-order valence-corrected chi connectivity index (χ3v) is 3.50. The van der Waals surface area contributed by atoms with E-state index in [1.807, 2.05) is 11.8 Å². The van der Waals surface area contributed by atoms with Crippen LogP contribution in [0.2, 0.25) is 0 Å². The predicted molar refractivity (Wildman–Crippen MR) is 85.7 cm³/mol. The third kappa shape index (κ3) is 5.15. The molecule has 0 aromatic carbocycles. The van der Waals surface area contributed by atoms with E-state index < -0.39 is 0 Å². The highest BCUT2D eigenvalue weighted by Gasteiger charge is 2.24. The van der Waals surface area contributed by atoms with Crippen LogP contribution in [0.15, 0.2) is 24.5 Å². The molecule has 1 fully saturated rings. The Labute approximate surface area is 132 Å². The van der Waals surface area contributed by atoms with E-state index in [4.69, 9.17) is 5.73 Å². The van der Waals surface area contributed by atoms with Gasteiger partial charge >= 0.3 is 6.03 Å². The number of aromatic nitrogens is 1. The zero-order valence-corrected chi connectivity index (χ0v) is 13.1. The van der Waals surface area contributed by atoms with E-state index in [1.165, 1.54) is 0 Å². The molecule has 5 nitrogen and oxygen atoms in total. The van der Waals surface area contributed by atoms with Crippen LogP contribution in [0, 0.1) is 5.92 Å². The number of anilines is 1. The number of piperidine rings is 1. The first-order valence-corrected chi connectivity index (χ1v) is 6.38. The number of rotatable bonds is 2. The van der Waals surface area contributed by atoms with Gasteiger partial charge in [-0.1, -0.05) is 0 Å². The quantitative estimate of drug-likeness (QED) is 0.879. The number of nitrogens with one attached hydrogen (secondary N) is 1. The third-order valence-electron chi connectivity index (χ3n) is 3.50. The Bertz CT molecular complexity index is 395. The van der Waals surface area contributed by atoms with Crippen molar-refractivity contribution in [1.29, 1.82) is 0 Å². The number of carbonyl (C=O) groups is 1. The van der Waals surface area contributed by atoms with Gasteiger partial charge in [0.15, 0.2) is 0 Å². The van der Waals surface area contributed by atoms with Crippen molar-refractivity contribution in [1.82, 2.24) is 9.88 Å². The summed E-state index contributed by atoms with van der Waals surface area (Å²) < 4.78 is 0. The number of nitrogens with zero attached hydrogens (tertiary/aromatic N) is 2. The van der Waals surface area contributed by atoms with Gasteiger partial charge in [-0.2, -0.15) is 0 Å². The maximum absolute atomic E-state index is 12.0. The lowest BCUT2D eigenvalue weighted by Crippen LogP contribution is -2.44. The van der Waals surface area contributed by atoms with Crippen LogP contribution in [0.5, 0.6) is 0 Å². The number of amides is 2. The van der Waals surface area contributed by atoms with E-state index in [9.17, 15) is 4.79 Å². The molecule has 2 rings (SSSR count). The summed E-state index contributed by atoms with van der Waals surface area (Å²) in [7, 11) is 0. The van der Waals surface area contributed by atoms with Gasteiger partial charge in [0.25, 0.3) is 0 Å². The van der Waals surface area contributed by atoms with E-state index in [2.05, 4.69) is 10.3 Å². The first kappa shape index (κ1) is 19.0. The number of carbonyl (C=O) groups excluding carboxylic acids is 1.